The average molecular weight is 366 g/mol. The van der Waals surface area contributed by atoms with Crippen LogP contribution in [0.15, 0.2) is 59.5 Å². The monoisotopic (exact) mass is 366 g/mol. The minimum absolute atomic E-state index is 0.0456. The maximum Gasteiger partial charge on any atom is 0.239 e. The van der Waals surface area contributed by atoms with Crippen molar-refractivity contribution in [1.82, 2.24) is 9.88 Å². The molecule has 3 aromatic rings. The molecule has 0 aliphatic rings. The predicted octanol–water partition coefficient (Wildman–Crippen LogP) is 2.38. The van der Waals surface area contributed by atoms with Gasteiger partial charge in [0.25, 0.3) is 0 Å². The molecule has 2 aromatic carbocycles. The van der Waals surface area contributed by atoms with Crippen molar-refractivity contribution in [1.29, 1.82) is 0 Å². The summed E-state index contributed by atoms with van der Waals surface area (Å²) >= 11 is 0. The van der Waals surface area contributed by atoms with Gasteiger partial charge in [-0.15, -0.1) is 0 Å². The molecule has 140 valence electrons. The largest absolute Gasteiger partial charge is 0.493 e. The smallest absolute Gasteiger partial charge is 0.239 e. The molecule has 0 saturated heterocycles. The molecule has 1 heterocycles. The number of benzene rings is 2. The summed E-state index contributed by atoms with van der Waals surface area (Å²) in [6, 6.07) is 14.5. The Kier molecular flexibility index (Phi) is 5.76. The number of nitrogens with one attached hydrogen (secondary N) is 1. The first-order chi connectivity index (χ1) is 13.1. The van der Waals surface area contributed by atoms with E-state index in [1.807, 2.05) is 36.4 Å². The summed E-state index contributed by atoms with van der Waals surface area (Å²) in [6.45, 7) is 0.666. The van der Waals surface area contributed by atoms with Crippen LogP contribution in [0.4, 0.5) is 0 Å². The van der Waals surface area contributed by atoms with Gasteiger partial charge in [-0.2, -0.15) is 0 Å². The third-order valence-corrected chi connectivity index (χ3v) is 4.38. The fourth-order valence-corrected chi connectivity index (χ4v) is 2.99. The Hall–Kier alpha value is -3.28. The molecule has 0 fully saturated rings. The summed E-state index contributed by atoms with van der Waals surface area (Å²) in [5.41, 5.74) is 1.75. The number of aromatic nitrogens is 1. The van der Waals surface area contributed by atoms with Crippen molar-refractivity contribution in [3.05, 3.63) is 70.5 Å². The van der Waals surface area contributed by atoms with E-state index in [2.05, 4.69) is 5.32 Å². The second-order valence-corrected chi connectivity index (χ2v) is 6.11. The quantitative estimate of drug-likeness (QED) is 0.697. The number of amides is 1. The molecule has 0 aliphatic heterocycles. The molecule has 6 nitrogen and oxygen atoms in total. The number of hydrogen-bond donors (Lipinski definition) is 1. The van der Waals surface area contributed by atoms with Gasteiger partial charge in [-0.05, 0) is 36.2 Å². The third-order valence-electron chi connectivity index (χ3n) is 4.38. The Labute approximate surface area is 157 Å². The minimum Gasteiger partial charge on any atom is -0.493 e. The molecule has 1 amide bonds. The number of carbonyl (C=O) groups is 1. The van der Waals surface area contributed by atoms with E-state index in [0.29, 0.717) is 29.9 Å². The second-order valence-electron chi connectivity index (χ2n) is 6.11. The lowest BCUT2D eigenvalue weighted by Gasteiger charge is -2.12. The van der Waals surface area contributed by atoms with Crippen LogP contribution >= 0.6 is 0 Å². The molecule has 1 aromatic heterocycles. The van der Waals surface area contributed by atoms with Gasteiger partial charge in [0.2, 0.25) is 5.91 Å². The number of methoxy groups -OCH3 is 2. The van der Waals surface area contributed by atoms with Crippen LogP contribution in [0.1, 0.15) is 5.56 Å². The summed E-state index contributed by atoms with van der Waals surface area (Å²) in [5, 5.41) is 3.52. The first-order valence-corrected chi connectivity index (χ1v) is 8.68. The standard InChI is InChI=1S/C21H22N2O4/c1-26-19-8-7-15(13-20(19)27-2)9-11-22-21(25)14-23-12-10-18(24)16-5-3-4-6-17(16)23/h3-8,10,12-13H,9,11,14H2,1-2H3,(H,22,25). The van der Waals surface area contributed by atoms with Crippen LogP contribution in [0, 0.1) is 0 Å². The van der Waals surface area contributed by atoms with Crippen LogP contribution in [0.5, 0.6) is 11.5 Å². The van der Waals surface area contributed by atoms with Crippen molar-refractivity contribution in [2.75, 3.05) is 20.8 Å². The van der Waals surface area contributed by atoms with Crippen molar-refractivity contribution in [3.8, 4) is 11.5 Å². The number of rotatable bonds is 7. The SMILES string of the molecule is COc1ccc(CCNC(=O)Cn2ccc(=O)c3ccccc32)cc1OC. The average Bonchev–Trinajstić information content (AvgIpc) is 2.70. The predicted molar refractivity (Wildman–Crippen MR) is 104 cm³/mol. The van der Waals surface area contributed by atoms with E-state index in [1.165, 1.54) is 6.07 Å². The van der Waals surface area contributed by atoms with Crippen molar-refractivity contribution >= 4 is 16.8 Å². The number of para-hydroxylation sites is 1. The fraction of sp³-hybridized carbons (Fsp3) is 0.238. The van der Waals surface area contributed by atoms with E-state index in [0.717, 1.165) is 11.1 Å². The highest BCUT2D eigenvalue weighted by atomic mass is 16.5. The highest BCUT2D eigenvalue weighted by Crippen LogP contribution is 2.27. The maximum atomic E-state index is 12.3. The van der Waals surface area contributed by atoms with Gasteiger partial charge in [0, 0.05) is 24.2 Å². The molecule has 0 saturated carbocycles. The second kappa shape index (κ2) is 8.40. The van der Waals surface area contributed by atoms with Crippen molar-refractivity contribution in [2.45, 2.75) is 13.0 Å². The number of nitrogens with zero attached hydrogens (tertiary/aromatic N) is 1. The molecule has 0 spiro atoms. The van der Waals surface area contributed by atoms with Crippen LogP contribution < -0.4 is 20.2 Å². The van der Waals surface area contributed by atoms with Gasteiger partial charge < -0.3 is 19.4 Å². The number of ether oxygens (including phenoxy) is 2. The number of fused-ring (bicyclic) bond motifs is 1. The van der Waals surface area contributed by atoms with Gasteiger partial charge in [-0.3, -0.25) is 9.59 Å². The van der Waals surface area contributed by atoms with Gasteiger partial charge in [0.1, 0.15) is 6.54 Å². The van der Waals surface area contributed by atoms with E-state index in [4.69, 9.17) is 9.47 Å². The molecule has 0 radical (unpaired) electrons. The zero-order chi connectivity index (χ0) is 19.2. The van der Waals surface area contributed by atoms with Crippen molar-refractivity contribution in [3.63, 3.8) is 0 Å². The van der Waals surface area contributed by atoms with Gasteiger partial charge in [-0.1, -0.05) is 18.2 Å². The van der Waals surface area contributed by atoms with Gasteiger partial charge >= 0.3 is 0 Å². The lowest BCUT2D eigenvalue weighted by molar-refractivity contribution is -0.121. The van der Waals surface area contributed by atoms with E-state index in [1.54, 1.807) is 31.0 Å². The molecular weight excluding hydrogens is 344 g/mol. The van der Waals surface area contributed by atoms with E-state index >= 15 is 0 Å². The Balaban J connectivity index is 1.61. The Bertz CT molecular complexity index is 1010. The van der Waals surface area contributed by atoms with Crippen LogP contribution in [0.3, 0.4) is 0 Å². The molecule has 3 rings (SSSR count). The highest BCUT2D eigenvalue weighted by molar-refractivity contribution is 5.82. The minimum atomic E-state index is -0.107. The molecule has 0 unspecified atom stereocenters. The van der Waals surface area contributed by atoms with E-state index < -0.39 is 0 Å². The van der Waals surface area contributed by atoms with Crippen LogP contribution in [0.2, 0.25) is 0 Å². The maximum absolute atomic E-state index is 12.3. The molecular formula is C21H22N2O4. The van der Waals surface area contributed by atoms with E-state index in [9.17, 15) is 9.59 Å². The first kappa shape index (κ1) is 18.5. The van der Waals surface area contributed by atoms with Crippen LogP contribution in [-0.2, 0) is 17.8 Å². The molecule has 27 heavy (non-hydrogen) atoms. The van der Waals surface area contributed by atoms with Gasteiger partial charge in [-0.25, -0.2) is 0 Å². The summed E-state index contributed by atoms with van der Waals surface area (Å²) in [6.07, 6.45) is 2.33. The van der Waals surface area contributed by atoms with E-state index in [-0.39, 0.29) is 17.9 Å². The number of pyridine rings is 1. The summed E-state index contributed by atoms with van der Waals surface area (Å²) < 4.78 is 12.3. The van der Waals surface area contributed by atoms with Crippen molar-refractivity contribution < 1.29 is 14.3 Å². The first-order valence-electron chi connectivity index (χ1n) is 8.68. The lowest BCUT2D eigenvalue weighted by atomic mass is 10.1. The lowest BCUT2D eigenvalue weighted by Crippen LogP contribution is -2.29. The summed E-state index contributed by atoms with van der Waals surface area (Å²) in [4.78, 5) is 24.2. The zero-order valence-electron chi connectivity index (χ0n) is 15.4. The highest BCUT2D eigenvalue weighted by Gasteiger charge is 2.08. The van der Waals surface area contributed by atoms with Crippen LogP contribution in [-0.4, -0.2) is 31.2 Å². The number of hydrogen-bond acceptors (Lipinski definition) is 4. The molecule has 1 N–H and O–H groups in total. The normalized spacial score (nSPS) is 10.6. The molecule has 0 bridgehead atoms. The Morgan fingerprint density at radius 3 is 2.59 bits per heavy atom. The van der Waals surface area contributed by atoms with Crippen molar-refractivity contribution in [2.24, 2.45) is 0 Å². The summed E-state index contributed by atoms with van der Waals surface area (Å²) in [7, 11) is 3.19. The number of carbonyl (C=O) groups excluding carboxylic acids is 1. The topological polar surface area (TPSA) is 69.6 Å². The molecule has 6 heteroatoms. The fourth-order valence-electron chi connectivity index (χ4n) is 2.99. The van der Waals surface area contributed by atoms with Crippen LogP contribution in [0.25, 0.3) is 10.9 Å². The Morgan fingerprint density at radius 2 is 1.81 bits per heavy atom. The van der Waals surface area contributed by atoms with Gasteiger partial charge in [0.15, 0.2) is 16.9 Å². The Morgan fingerprint density at radius 1 is 1.04 bits per heavy atom. The molecule has 0 aliphatic carbocycles. The zero-order valence-corrected chi connectivity index (χ0v) is 15.4. The van der Waals surface area contributed by atoms with Gasteiger partial charge in [0.05, 0.1) is 19.7 Å². The third kappa shape index (κ3) is 4.28. The summed E-state index contributed by atoms with van der Waals surface area (Å²) in [5.74, 6) is 1.24. The molecule has 0 atom stereocenters.